The van der Waals surface area contributed by atoms with Gasteiger partial charge in [-0.3, -0.25) is 19.2 Å². The van der Waals surface area contributed by atoms with Gasteiger partial charge in [0.15, 0.2) is 23.7 Å². The summed E-state index contributed by atoms with van der Waals surface area (Å²) in [6, 6.07) is 12.0. The van der Waals surface area contributed by atoms with Crippen LogP contribution < -0.4 is 14.2 Å². The molecule has 2 aromatic carbocycles. The fourth-order valence-electron chi connectivity index (χ4n) is 4.70. The molecule has 2 aromatic rings. The Morgan fingerprint density at radius 2 is 1.33 bits per heavy atom. The molecule has 1 fully saturated rings. The summed E-state index contributed by atoms with van der Waals surface area (Å²) < 4.78 is 44.7. The number of hydrogen-bond donors (Lipinski definition) is 1. The van der Waals surface area contributed by atoms with Crippen molar-refractivity contribution in [2.45, 2.75) is 64.8 Å². The molecule has 14 nitrogen and oxygen atoms in total. The summed E-state index contributed by atoms with van der Waals surface area (Å²) >= 11 is 0. The van der Waals surface area contributed by atoms with Crippen molar-refractivity contribution in [2.24, 2.45) is 0 Å². The van der Waals surface area contributed by atoms with Gasteiger partial charge in [0.1, 0.15) is 12.7 Å². The third-order valence-corrected chi connectivity index (χ3v) is 6.52. The van der Waals surface area contributed by atoms with Crippen molar-refractivity contribution in [3.05, 3.63) is 59.2 Å². The van der Waals surface area contributed by atoms with Gasteiger partial charge in [0.2, 0.25) is 18.1 Å². The normalized spacial score (nSPS) is 20.9. The third-order valence-electron chi connectivity index (χ3n) is 6.52. The van der Waals surface area contributed by atoms with Gasteiger partial charge in [-0.2, -0.15) is 0 Å². The van der Waals surface area contributed by atoms with Crippen LogP contribution in [0.15, 0.2) is 48.0 Å². The Morgan fingerprint density at radius 3 is 1.83 bits per heavy atom. The maximum Gasteiger partial charge on any atom is 0.331 e. The molecule has 248 valence electrons. The SMILES string of the molecule is COc1cc(C=C(Cc2ccccc2)C(=O)O)cc(OC)c1O[C@@H]1O[C@H](COC(C)=O)[C@H](OC(C)=O)[C@H](OC(C)=O)[C@H]1OC(C)=O. The van der Waals surface area contributed by atoms with Crippen LogP contribution in [0.25, 0.3) is 6.08 Å². The lowest BCUT2D eigenvalue weighted by molar-refractivity contribution is -0.288. The summed E-state index contributed by atoms with van der Waals surface area (Å²) in [5, 5.41) is 9.88. The van der Waals surface area contributed by atoms with Crippen LogP contribution in [0.5, 0.6) is 17.2 Å². The Balaban J connectivity index is 2.09. The van der Waals surface area contributed by atoms with Crippen LogP contribution in [-0.4, -0.2) is 86.5 Å². The van der Waals surface area contributed by atoms with Crippen LogP contribution in [0, 0.1) is 0 Å². The molecular weight excluding hydrogens is 608 g/mol. The van der Waals surface area contributed by atoms with Crippen molar-refractivity contribution in [2.75, 3.05) is 20.8 Å². The van der Waals surface area contributed by atoms with Crippen molar-refractivity contribution in [1.29, 1.82) is 0 Å². The highest BCUT2D eigenvalue weighted by molar-refractivity contribution is 5.93. The minimum Gasteiger partial charge on any atom is -0.493 e. The van der Waals surface area contributed by atoms with Gasteiger partial charge in [-0.1, -0.05) is 30.3 Å². The van der Waals surface area contributed by atoms with Gasteiger partial charge in [0.25, 0.3) is 0 Å². The van der Waals surface area contributed by atoms with Crippen molar-refractivity contribution in [3.8, 4) is 17.2 Å². The fourth-order valence-corrected chi connectivity index (χ4v) is 4.70. The molecule has 0 aliphatic carbocycles. The zero-order chi connectivity index (χ0) is 34.0. The average Bonchev–Trinajstić information content (AvgIpc) is 2.98. The van der Waals surface area contributed by atoms with E-state index < -0.39 is 67.2 Å². The van der Waals surface area contributed by atoms with Crippen LogP contribution in [-0.2, 0) is 54.1 Å². The minimum atomic E-state index is -1.56. The first-order valence-electron chi connectivity index (χ1n) is 14.0. The molecule has 1 aliphatic heterocycles. The number of hydrogen-bond acceptors (Lipinski definition) is 13. The van der Waals surface area contributed by atoms with Gasteiger partial charge in [-0.25, -0.2) is 4.79 Å². The maximum atomic E-state index is 12.2. The van der Waals surface area contributed by atoms with E-state index in [9.17, 15) is 29.1 Å². The number of carboxylic acids is 1. The first-order valence-corrected chi connectivity index (χ1v) is 14.0. The van der Waals surface area contributed by atoms with Gasteiger partial charge in [0.05, 0.1) is 14.2 Å². The first kappa shape index (κ1) is 35.4. The second-order valence-corrected chi connectivity index (χ2v) is 10.1. The van der Waals surface area contributed by atoms with E-state index in [1.54, 1.807) is 12.1 Å². The number of methoxy groups -OCH3 is 2. The van der Waals surface area contributed by atoms with Crippen LogP contribution in [0.3, 0.4) is 0 Å². The molecule has 1 saturated heterocycles. The molecule has 5 atom stereocenters. The van der Waals surface area contributed by atoms with Crippen molar-refractivity contribution < 1.29 is 67.0 Å². The number of carbonyl (C=O) groups excluding carboxylic acids is 4. The van der Waals surface area contributed by atoms with E-state index in [4.69, 9.17) is 37.9 Å². The summed E-state index contributed by atoms with van der Waals surface area (Å²) in [6.45, 7) is 4.02. The molecule has 46 heavy (non-hydrogen) atoms. The number of ether oxygens (including phenoxy) is 8. The maximum absolute atomic E-state index is 12.2. The summed E-state index contributed by atoms with van der Waals surface area (Å²) in [5.74, 6) is -4.10. The summed E-state index contributed by atoms with van der Waals surface area (Å²) in [6.07, 6.45) is -5.54. The highest BCUT2D eigenvalue weighted by Crippen LogP contribution is 2.42. The molecular formula is C32H36O14. The molecule has 1 N–H and O–H groups in total. The molecule has 3 rings (SSSR count). The standard InChI is InChI=1S/C32H36O14/c1-17(33)41-16-26-28(42-18(2)34)29(43-19(3)35)30(44-20(4)36)32(45-26)46-27-24(39-5)14-22(15-25(27)40-6)13-23(31(37)38)12-21-10-8-7-9-11-21/h7-11,13-15,26,28-30,32H,12,16H2,1-6H3,(H,37,38)/t26-,28+,29+,30-,32+/m1/s1. The number of aliphatic carboxylic acids is 1. The van der Waals surface area contributed by atoms with E-state index in [0.717, 1.165) is 33.3 Å². The summed E-state index contributed by atoms with van der Waals surface area (Å²) in [4.78, 5) is 60.1. The van der Waals surface area contributed by atoms with Crippen LogP contribution in [0.4, 0.5) is 0 Å². The fraction of sp³-hybridized carbons (Fsp3) is 0.406. The molecule has 0 spiro atoms. The number of carboxylic acid groups (broad SMARTS) is 1. The van der Waals surface area contributed by atoms with Gasteiger partial charge in [0, 0.05) is 39.7 Å². The Morgan fingerprint density at radius 1 is 0.783 bits per heavy atom. The Kier molecular flexibility index (Phi) is 12.5. The molecule has 0 aromatic heterocycles. The average molecular weight is 645 g/mol. The van der Waals surface area contributed by atoms with E-state index in [-0.39, 0.29) is 29.2 Å². The third kappa shape index (κ3) is 9.69. The monoisotopic (exact) mass is 644 g/mol. The lowest BCUT2D eigenvalue weighted by atomic mass is 9.98. The predicted molar refractivity (Wildman–Crippen MR) is 158 cm³/mol. The van der Waals surface area contributed by atoms with Crippen molar-refractivity contribution in [1.82, 2.24) is 0 Å². The molecule has 1 aliphatic rings. The zero-order valence-corrected chi connectivity index (χ0v) is 26.2. The highest BCUT2D eigenvalue weighted by Gasteiger charge is 2.53. The first-order chi connectivity index (χ1) is 21.8. The van der Waals surface area contributed by atoms with Crippen molar-refractivity contribution >= 4 is 35.9 Å². The molecule has 1 heterocycles. The largest absolute Gasteiger partial charge is 0.493 e. The number of esters is 4. The number of carbonyl (C=O) groups is 5. The van der Waals surface area contributed by atoms with Gasteiger partial charge < -0.3 is 43.0 Å². The predicted octanol–water partition coefficient (Wildman–Crippen LogP) is 2.88. The summed E-state index contributed by atoms with van der Waals surface area (Å²) in [7, 11) is 2.68. The van der Waals surface area contributed by atoms with E-state index in [1.807, 2.05) is 18.2 Å². The van der Waals surface area contributed by atoms with Gasteiger partial charge in [-0.15, -0.1) is 0 Å². The van der Waals surface area contributed by atoms with Crippen LogP contribution in [0.1, 0.15) is 38.8 Å². The quantitative estimate of drug-likeness (QED) is 0.191. The van der Waals surface area contributed by atoms with E-state index >= 15 is 0 Å². The Bertz CT molecular complexity index is 1420. The molecule has 0 saturated carbocycles. The lowest BCUT2D eigenvalue weighted by Crippen LogP contribution is -2.63. The zero-order valence-electron chi connectivity index (χ0n) is 26.2. The molecule has 0 unspecified atom stereocenters. The molecule has 0 radical (unpaired) electrons. The van der Waals surface area contributed by atoms with E-state index in [1.165, 1.54) is 32.4 Å². The minimum absolute atomic E-state index is 0.0528. The summed E-state index contributed by atoms with van der Waals surface area (Å²) in [5.41, 5.74) is 1.28. The van der Waals surface area contributed by atoms with E-state index in [2.05, 4.69) is 0 Å². The van der Waals surface area contributed by atoms with Gasteiger partial charge in [-0.05, 0) is 29.3 Å². The van der Waals surface area contributed by atoms with Gasteiger partial charge >= 0.3 is 29.8 Å². The lowest BCUT2D eigenvalue weighted by Gasteiger charge is -2.44. The van der Waals surface area contributed by atoms with Crippen molar-refractivity contribution in [3.63, 3.8) is 0 Å². The number of benzene rings is 2. The highest BCUT2D eigenvalue weighted by atomic mass is 16.7. The van der Waals surface area contributed by atoms with Crippen LogP contribution >= 0.6 is 0 Å². The number of rotatable bonds is 13. The molecule has 0 bridgehead atoms. The Hall–Kier alpha value is -5.11. The molecule has 0 amide bonds. The Labute approximate surface area is 265 Å². The second kappa shape index (κ2) is 16.3. The second-order valence-electron chi connectivity index (χ2n) is 10.1. The topological polar surface area (TPSA) is 179 Å². The van der Waals surface area contributed by atoms with E-state index in [0.29, 0.717) is 5.56 Å². The molecule has 14 heteroatoms. The smallest absolute Gasteiger partial charge is 0.331 e. The van der Waals surface area contributed by atoms with Crippen LogP contribution in [0.2, 0.25) is 0 Å².